The van der Waals surface area contributed by atoms with E-state index in [2.05, 4.69) is 74.4 Å². The first-order valence-electron chi connectivity index (χ1n) is 11.0. The zero-order chi connectivity index (χ0) is 23.2. The average molecular weight is 461 g/mol. The van der Waals surface area contributed by atoms with E-state index in [9.17, 15) is 4.57 Å². The molecular formula is C26H38O3P2. The van der Waals surface area contributed by atoms with E-state index in [4.69, 9.17) is 9.47 Å². The highest BCUT2D eigenvalue weighted by Gasteiger charge is 2.60. The highest BCUT2D eigenvalue weighted by Crippen LogP contribution is 2.80. The molecule has 0 spiro atoms. The summed E-state index contributed by atoms with van der Waals surface area (Å²) in [4.78, 5) is 0. The topological polar surface area (TPSA) is 35.5 Å². The lowest BCUT2D eigenvalue weighted by molar-refractivity contribution is 0.306. The normalized spacial score (nSPS) is 19.6. The number of hydrogen-bond acceptors (Lipinski definition) is 3. The van der Waals surface area contributed by atoms with Crippen molar-refractivity contribution in [3.05, 3.63) is 54.1 Å². The average Bonchev–Trinajstić information content (AvgIpc) is 3.05. The van der Waals surface area contributed by atoms with Gasteiger partial charge in [-0.1, -0.05) is 98.7 Å². The molecule has 170 valence electrons. The van der Waals surface area contributed by atoms with Crippen LogP contribution in [-0.2, 0) is 11.2 Å². The molecule has 1 aliphatic heterocycles. The van der Waals surface area contributed by atoms with E-state index in [0.29, 0.717) is 6.61 Å². The molecule has 0 bridgehead atoms. The van der Waals surface area contributed by atoms with Crippen molar-refractivity contribution in [2.24, 2.45) is 0 Å². The predicted octanol–water partition coefficient (Wildman–Crippen LogP) is 7.81. The van der Waals surface area contributed by atoms with Crippen LogP contribution in [0.2, 0.25) is 0 Å². The van der Waals surface area contributed by atoms with Gasteiger partial charge in [0.1, 0.15) is 25.2 Å². The highest BCUT2D eigenvalue weighted by molar-refractivity contribution is 7.84. The molecule has 0 saturated heterocycles. The van der Waals surface area contributed by atoms with Crippen molar-refractivity contribution < 1.29 is 14.0 Å². The minimum absolute atomic E-state index is 0.0797. The van der Waals surface area contributed by atoms with E-state index >= 15 is 0 Å². The Morgan fingerprint density at radius 1 is 0.871 bits per heavy atom. The fourth-order valence-electron chi connectivity index (χ4n) is 4.54. The number of rotatable bonds is 4. The third-order valence-electron chi connectivity index (χ3n) is 5.92. The first-order valence-corrected chi connectivity index (χ1v) is 14.2. The molecule has 2 aromatic carbocycles. The van der Waals surface area contributed by atoms with Crippen molar-refractivity contribution >= 4 is 20.4 Å². The van der Waals surface area contributed by atoms with E-state index in [1.807, 2.05) is 36.4 Å². The Kier molecular flexibility index (Phi) is 6.47. The largest absolute Gasteiger partial charge is 0.488 e. The van der Waals surface area contributed by atoms with Crippen molar-refractivity contribution in [3.8, 4) is 11.5 Å². The molecule has 0 saturated carbocycles. The van der Waals surface area contributed by atoms with Gasteiger partial charge < -0.3 is 14.0 Å². The van der Waals surface area contributed by atoms with Crippen molar-refractivity contribution in [2.45, 2.75) is 90.0 Å². The second-order valence-electron chi connectivity index (χ2n) is 11.4. The number of fused-ring (bicyclic) bond motifs is 1. The van der Waals surface area contributed by atoms with E-state index in [1.165, 1.54) is 0 Å². The standard InChI is InChI=1S/C26H38O3P2/c1-24(2,3)30-22-20(28-18-19-14-11-10-12-15-19)16-13-17-21(22)29-23(30)31(27,25(4,5)6)26(7,8)9/h10-17,23H,18H2,1-9H3/t23-,30?/m1/s1. The van der Waals surface area contributed by atoms with Crippen LogP contribution in [0.15, 0.2) is 48.5 Å². The molecule has 31 heavy (non-hydrogen) atoms. The van der Waals surface area contributed by atoms with Crippen molar-refractivity contribution in [1.29, 1.82) is 0 Å². The van der Waals surface area contributed by atoms with E-state index in [0.717, 1.165) is 22.4 Å². The van der Waals surface area contributed by atoms with Crippen LogP contribution in [0.3, 0.4) is 0 Å². The van der Waals surface area contributed by atoms with Gasteiger partial charge in [0.15, 0.2) is 5.59 Å². The maximum absolute atomic E-state index is 14.9. The fraction of sp³-hybridized carbons (Fsp3) is 0.538. The Bertz CT molecular complexity index is 945. The van der Waals surface area contributed by atoms with Crippen LogP contribution in [0.25, 0.3) is 0 Å². The summed E-state index contributed by atoms with van der Waals surface area (Å²) in [5, 5.41) is 0.313. The number of ether oxygens (including phenoxy) is 2. The van der Waals surface area contributed by atoms with Gasteiger partial charge in [0.2, 0.25) is 0 Å². The summed E-state index contributed by atoms with van der Waals surface area (Å²) in [6.45, 7) is 19.9. The van der Waals surface area contributed by atoms with Crippen molar-refractivity contribution in [2.75, 3.05) is 0 Å². The lowest BCUT2D eigenvalue weighted by atomic mass is 10.2. The SMILES string of the molecule is CC(C)(C)P1c2c(OCc3ccccc3)cccc2O[C@H]1P(=O)(C(C)(C)C)C(C)(C)C. The maximum atomic E-state index is 14.9. The van der Waals surface area contributed by atoms with E-state index < -0.39 is 15.1 Å². The molecule has 0 aliphatic carbocycles. The van der Waals surface area contributed by atoms with Gasteiger partial charge in [0, 0.05) is 10.3 Å². The molecule has 2 aromatic rings. The maximum Gasteiger partial charge on any atom is 0.174 e. The van der Waals surface area contributed by atoms with E-state index in [1.54, 1.807) is 0 Å². The Morgan fingerprint density at radius 2 is 1.45 bits per heavy atom. The van der Waals surface area contributed by atoms with Crippen LogP contribution >= 0.6 is 15.1 Å². The molecule has 5 heteroatoms. The Balaban J connectivity index is 2.10. The minimum Gasteiger partial charge on any atom is -0.488 e. The predicted molar refractivity (Wildman–Crippen MR) is 135 cm³/mol. The lowest BCUT2D eigenvalue weighted by Gasteiger charge is -2.47. The molecule has 1 heterocycles. The van der Waals surface area contributed by atoms with Gasteiger partial charge in [-0.25, -0.2) is 0 Å². The van der Waals surface area contributed by atoms with Gasteiger partial charge in [-0.2, -0.15) is 0 Å². The third-order valence-corrected chi connectivity index (χ3v) is 15.2. The smallest absolute Gasteiger partial charge is 0.174 e. The molecule has 3 rings (SSSR count). The minimum atomic E-state index is -2.82. The summed E-state index contributed by atoms with van der Waals surface area (Å²) in [6, 6.07) is 16.2. The van der Waals surface area contributed by atoms with Gasteiger partial charge in [0.25, 0.3) is 0 Å². The highest BCUT2D eigenvalue weighted by atomic mass is 31.2. The van der Waals surface area contributed by atoms with Crippen LogP contribution in [0, 0.1) is 0 Å². The Morgan fingerprint density at radius 3 is 1.97 bits per heavy atom. The molecule has 1 unspecified atom stereocenters. The summed E-state index contributed by atoms with van der Waals surface area (Å²) >= 11 is 0. The first kappa shape index (κ1) is 24.3. The van der Waals surface area contributed by atoms with E-state index in [-0.39, 0.29) is 21.1 Å². The molecular weight excluding hydrogens is 422 g/mol. The summed E-state index contributed by atoms with van der Waals surface area (Å²) in [7, 11) is -3.71. The summed E-state index contributed by atoms with van der Waals surface area (Å²) in [5.41, 5.74) is 0.810. The van der Waals surface area contributed by atoms with Crippen LogP contribution in [0.5, 0.6) is 11.5 Å². The summed E-state index contributed by atoms with van der Waals surface area (Å²) in [6.07, 6.45) is 0. The van der Waals surface area contributed by atoms with Crippen LogP contribution < -0.4 is 14.8 Å². The molecule has 0 aromatic heterocycles. The van der Waals surface area contributed by atoms with Crippen LogP contribution in [0.1, 0.15) is 67.9 Å². The number of benzene rings is 2. The first-order chi connectivity index (χ1) is 14.2. The summed E-state index contributed by atoms with van der Waals surface area (Å²) < 4.78 is 27.9. The van der Waals surface area contributed by atoms with Gasteiger partial charge in [-0.05, 0) is 30.8 Å². The third kappa shape index (κ3) is 4.46. The van der Waals surface area contributed by atoms with Crippen LogP contribution in [-0.4, -0.2) is 21.1 Å². The van der Waals surface area contributed by atoms with Gasteiger partial charge in [0.05, 0.1) is 5.30 Å². The summed E-state index contributed by atoms with van der Waals surface area (Å²) in [5.74, 6) is 1.70. The molecule has 0 N–H and O–H groups in total. The Labute approximate surface area is 190 Å². The fourth-order valence-corrected chi connectivity index (χ4v) is 15.4. The molecule has 2 atom stereocenters. The zero-order valence-electron chi connectivity index (χ0n) is 20.5. The molecule has 0 amide bonds. The molecule has 0 fully saturated rings. The van der Waals surface area contributed by atoms with Gasteiger partial charge in [-0.15, -0.1) is 0 Å². The monoisotopic (exact) mass is 460 g/mol. The van der Waals surface area contributed by atoms with Crippen molar-refractivity contribution in [1.82, 2.24) is 0 Å². The van der Waals surface area contributed by atoms with Crippen LogP contribution in [0.4, 0.5) is 0 Å². The quantitative estimate of drug-likeness (QED) is 0.437. The molecule has 0 radical (unpaired) electrons. The lowest BCUT2D eigenvalue weighted by Crippen LogP contribution is -2.38. The number of hydrogen-bond donors (Lipinski definition) is 0. The van der Waals surface area contributed by atoms with Gasteiger partial charge >= 0.3 is 0 Å². The molecule has 1 aliphatic rings. The van der Waals surface area contributed by atoms with Crippen molar-refractivity contribution in [3.63, 3.8) is 0 Å². The second-order valence-corrected chi connectivity index (χ2v) is 19.2. The molecule has 3 nitrogen and oxygen atoms in total. The second kappa shape index (κ2) is 8.24. The Hall–Kier alpha value is -1.30. The van der Waals surface area contributed by atoms with Gasteiger partial charge in [-0.3, -0.25) is 0 Å². The zero-order valence-corrected chi connectivity index (χ0v) is 22.3.